The summed E-state index contributed by atoms with van der Waals surface area (Å²) < 4.78 is 5.56. The van der Waals surface area contributed by atoms with E-state index < -0.39 is 23.4 Å². The van der Waals surface area contributed by atoms with Crippen molar-refractivity contribution in [3.63, 3.8) is 0 Å². The SMILES string of the molecule is CC(C)(CCNC(=O)OCC1c2ccccc2-c2ccccc21)C(=O)N[C@H]1CCCC[C@H]1C(=O)O. The van der Waals surface area contributed by atoms with Crippen molar-refractivity contribution in [2.24, 2.45) is 11.3 Å². The Kier molecular flexibility index (Phi) is 7.43. The number of hydrogen-bond acceptors (Lipinski definition) is 4. The van der Waals surface area contributed by atoms with Crippen molar-refractivity contribution in [2.75, 3.05) is 13.2 Å². The highest BCUT2D eigenvalue weighted by molar-refractivity contribution is 5.83. The topological polar surface area (TPSA) is 105 Å². The van der Waals surface area contributed by atoms with Gasteiger partial charge in [0, 0.05) is 23.9 Å². The number of amides is 2. The van der Waals surface area contributed by atoms with Crippen molar-refractivity contribution >= 4 is 18.0 Å². The molecule has 35 heavy (non-hydrogen) atoms. The van der Waals surface area contributed by atoms with E-state index in [-0.39, 0.29) is 31.0 Å². The summed E-state index contributed by atoms with van der Waals surface area (Å²) in [5.41, 5.74) is 3.90. The van der Waals surface area contributed by atoms with Crippen LogP contribution >= 0.6 is 0 Å². The normalized spacial score (nSPS) is 19.4. The first kappa shape index (κ1) is 24.8. The molecule has 4 rings (SSSR count). The van der Waals surface area contributed by atoms with Crippen LogP contribution in [0.5, 0.6) is 0 Å². The number of carbonyl (C=O) groups is 3. The maximum atomic E-state index is 12.9. The molecule has 3 N–H and O–H groups in total. The van der Waals surface area contributed by atoms with Crippen LogP contribution < -0.4 is 10.6 Å². The molecule has 1 fully saturated rings. The monoisotopic (exact) mass is 478 g/mol. The fraction of sp³-hybridized carbons (Fsp3) is 0.464. The number of nitrogens with one attached hydrogen (secondary N) is 2. The van der Waals surface area contributed by atoms with Crippen molar-refractivity contribution < 1.29 is 24.2 Å². The van der Waals surface area contributed by atoms with Gasteiger partial charge < -0.3 is 20.5 Å². The molecule has 2 aliphatic rings. The molecule has 0 unspecified atom stereocenters. The van der Waals surface area contributed by atoms with Crippen molar-refractivity contribution in [3.05, 3.63) is 59.7 Å². The van der Waals surface area contributed by atoms with Gasteiger partial charge in [0.25, 0.3) is 0 Å². The number of aliphatic carboxylic acids is 1. The third-order valence-electron chi connectivity index (χ3n) is 7.38. The van der Waals surface area contributed by atoms with E-state index in [2.05, 4.69) is 34.9 Å². The van der Waals surface area contributed by atoms with Gasteiger partial charge in [-0.1, -0.05) is 75.2 Å². The number of benzene rings is 2. The molecule has 0 aromatic heterocycles. The second kappa shape index (κ2) is 10.5. The van der Waals surface area contributed by atoms with Gasteiger partial charge in [-0.3, -0.25) is 9.59 Å². The Balaban J connectivity index is 1.26. The minimum Gasteiger partial charge on any atom is -0.481 e. The standard InChI is InChI=1S/C28H34N2O5/c1-28(2,26(33)30-24-14-8-7-13-22(24)25(31)32)15-16-29-27(34)35-17-23-20-11-5-3-9-18(20)19-10-4-6-12-21(19)23/h3-6,9-12,22-24H,7-8,13-17H2,1-2H3,(H,29,34)(H,30,33)(H,31,32)/t22-,24+/m1/s1. The average Bonchev–Trinajstić information content (AvgIpc) is 3.16. The summed E-state index contributed by atoms with van der Waals surface area (Å²) >= 11 is 0. The van der Waals surface area contributed by atoms with Crippen molar-refractivity contribution in [1.29, 1.82) is 0 Å². The molecule has 2 atom stereocenters. The van der Waals surface area contributed by atoms with Crippen molar-refractivity contribution in [2.45, 2.75) is 57.9 Å². The molecule has 7 nitrogen and oxygen atoms in total. The average molecular weight is 479 g/mol. The molecular formula is C28H34N2O5. The van der Waals surface area contributed by atoms with Crippen LogP contribution in [0.15, 0.2) is 48.5 Å². The van der Waals surface area contributed by atoms with E-state index in [1.165, 1.54) is 11.1 Å². The first-order chi connectivity index (χ1) is 16.8. The van der Waals surface area contributed by atoms with Gasteiger partial charge in [-0.2, -0.15) is 0 Å². The second-order valence-electron chi connectivity index (χ2n) is 10.2. The van der Waals surface area contributed by atoms with E-state index in [4.69, 9.17) is 4.74 Å². The lowest BCUT2D eigenvalue weighted by Gasteiger charge is -2.33. The lowest BCUT2D eigenvalue weighted by atomic mass is 9.82. The Bertz CT molecular complexity index is 1050. The third kappa shape index (κ3) is 5.50. The van der Waals surface area contributed by atoms with Crippen LogP contribution in [-0.2, 0) is 14.3 Å². The molecule has 0 aliphatic heterocycles. The number of carboxylic acids is 1. The summed E-state index contributed by atoms with van der Waals surface area (Å²) in [4.78, 5) is 36.8. The fourth-order valence-corrected chi connectivity index (χ4v) is 5.20. The van der Waals surface area contributed by atoms with Gasteiger partial charge in [-0.25, -0.2) is 4.79 Å². The van der Waals surface area contributed by atoms with Crippen molar-refractivity contribution in [3.8, 4) is 11.1 Å². The number of carbonyl (C=O) groups excluding carboxylic acids is 2. The minimum atomic E-state index is -0.857. The van der Waals surface area contributed by atoms with Crippen LogP contribution in [0.1, 0.15) is 63.0 Å². The van der Waals surface area contributed by atoms with Crippen LogP contribution in [-0.4, -0.2) is 42.3 Å². The van der Waals surface area contributed by atoms with Crippen LogP contribution in [0.25, 0.3) is 11.1 Å². The summed E-state index contributed by atoms with van der Waals surface area (Å²) in [7, 11) is 0. The smallest absolute Gasteiger partial charge is 0.407 e. The maximum absolute atomic E-state index is 12.9. The first-order valence-electron chi connectivity index (χ1n) is 12.4. The Hall–Kier alpha value is -3.35. The van der Waals surface area contributed by atoms with Crippen LogP contribution in [0.4, 0.5) is 4.79 Å². The number of carboxylic acid groups (broad SMARTS) is 1. The molecule has 0 radical (unpaired) electrons. The lowest BCUT2D eigenvalue weighted by Crippen LogP contribution is -2.49. The van der Waals surface area contributed by atoms with E-state index >= 15 is 0 Å². The molecule has 2 aromatic carbocycles. The van der Waals surface area contributed by atoms with E-state index in [9.17, 15) is 19.5 Å². The first-order valence-corrected chi connectivity index (χ1v) is 12.4. The largest absolute Gasteiger partial charge is 0.481 e. The predicted octanol–water partition coefficient (Wildman–Crippen LogP) is 4.70. The van der Waals surface area contributed by atoms with Gasteiger partial charge >= 0.3 is 12.1 Å². The second-order valence-corrected chi connectivity index (χ2v) is 10.2. The molecular weight excluding hydrogens is 444 g/mol. The molecule has 1 saturated carbocycles. The zero-order valence-corrected chi connectivity index (χ0v) is 20.4. The van der Waals surface area contributed by atoms with E-state index in [1.807, 2.05) is 24.3 Å². The molecule has 2 aliphatic carbocycles. The Morgan fingerprint density at radius 3 is 2.20 bits per heavy atom. The predicted molar refractivity (Wildman–Crippen MR) is 133 cm³/mol. The van der Waals surface area contributed by atoms with Crippen LogP contribution in [0.2, 0.25) is 0 Å². The Labute approximate surface area is 206 Å². The van der Waals surface area contributed by atoms with Gasteiger partial charge in [-0.15, -0.1) is 0 Å². The zero-order valence-electron chi connectivity index (χ0n) is 20.4. The van der Waals surface area contributed by atoms with E-state index in [1.54, 1.807) is 13.8 Å². The molecule has 0 saturated heterocycles. The maximum Gasteiger partial charge on any atom is 0.407 e. The van der Waals surface area contributed by atoms with Crippen LogP contribution in [0, 0.1) is 11.3 Å². The summed E-state index contributed by atoms with van der Waals surface area (Å²) in [6.07, 6.45) is 2.95. The third-order valence-corrected chi connectivity index (χ3v) is 7.38. The minimum absolute atomic E-state index is 0.00644. The molecule has 2 amide bonds. The summed E-state index contributed by atoms with van der Waals surface area (Å²) in [6, 6.07) is 16.0. The number of ether oxygens (including phenoxy) is 1. The highest BCUT2D eigenvalue weighted by Crippen LogP contribution is 2.44. The van der Waals surface area contributed by atoms with E-state index in [0.717, 1.165) is 24.0 Å². The Morgan fingerprint density at radius 2 is 1.57 bits per heavy atom. The fourth-order valence-electron chi connectivity index (χ4n) is 5.20. The van der Waals surface area contributed by atoms with Gasteiger partial charge in [0.1, 0.15) is 6.61 Å². The van der Waals surface area contributed by atoms with Crippen LogP contribution in [0.3, 0.4) is 0 Å². The summed E-state index contributed by atoms with van der Waals surface area (Å²) in [5, 5.41) is 15.2. The zero-order chi connectivity index (χ0) is 25.0. The molecule has 186 valence electrons. The number of rotatable bonds is 8. The lowest BCUT2D eigenvalue weighted by molar-refractivity contribution is -0.144. The summed E-state index contributed by atoms with van der Waals surface area (Å²) in [5.74, 6) is -1.59. The van der Waals surface area contributed by atoms with E-state index in [0.29, 0.717) is 19.3 Å². The Morgan fingerprint density at radius 1 is 0.971 bits per heavy atom. The van der Waals surface area contributed by atoms with Crippen molar-refractivity contribution in [1.82, 2.24) is 10.6 Å². The molecule has 7 heteroatoms. The highest BCUT2D eigenvalue weighted by atomic mass is 16.5. The van der Waals surface area contributed by atoms with Gasteiger partial charge in [0.05, 0.1) is 5.92 Å². The summed E-state index contributed by atoms with van der Waals surface area (Å²) in [6.45, 7) is 4.13. The van der Waals surface area contributed by atoms with Gasteiger partial charge in [0.15, 0.2) is 0 Å². The number of hydrogen-bond donors (Lipinski definition) is 3. The van der Waals surface area contributed by atoms with Gasteiger partial charge in [0.2, 0.25) is 5.91 Å². The molecule has 0 spiro atoms. The highest BCUT2D eigenvalue weighted by Gasteiger charge is 2.36. The number of alkyl carbamates (subject to hydrolysis) is 1. The molecule has 0 heterocycles. The molecule has 0 bridgehead atoms. The quantitative estimate of drug-likeness (QED) is 0.510. The van der Waals surface area contributed by atoms with Gasteiger partial charge in [-0.05, 0) is 41.5 Å². The molecule has 2 aromatic rings. The number of fused-ring (bicyclic) bond motifs is 3.